The molecule has 5 rings (SSSR count). The van der Waals surface area contributed by atoms with Crippen molar-refractivity contribution in [1.82, 2.24) is 19.1 Å². The summed E-state index contributed by atoms with van der Waals surface area (Å²) in [5, 5.41) is 0. The van der Waals surface area contributed by atoms with Gasteiger partial charge in [-0.05, 0) is 91.5 Å². The lowest BCUT2D eigenvalue weighted by Gasteiger charge is -2.06. The Bertz CT molecular complexity index is 1340. The third-order valence-electron chi connectivity index (χ3n) is 5.08. The summed E-state index contributed by atoms with van der Waals surface area (Å²) in [6, 6.07) is 20.0. The lowest BCUT2D eigenvalue weighted by molar-refractivity contribution is 1.05. The zero-order chi connectivity index (χ0) is 23.3. The monoisotopic (exact) mass is 572 g/mol. The predicted molar refractivity (Wildman–Crippen MR) is 143 cm³/mol. The van der Waals surface area contributed by atoms with Crippen LogP contribution >= 0.6 is 31.9 Å². The van der Waals surface area contributed by atoms with Crippen LogP contribution in [0.4, 0.5) is 11.4 Å². The zero-order valence-corrected chi connectivity index (χ0v) is 21.0. The van der Waals surface area contributed by atoms with Crippen LogP contribution < -0.4 is 0 Å². The minimum Gasteiger partial charge on any atom is -0.305 e. The number of rotatable bonds is 6. The topological polar surface area (TPSA) is 60.4 Å². The van der Waals surface area contributed by atoms with Crippen LogP contribution in [0, 0.1) is 0 Å². The summed E-state index contributed by atoms with van der Waals surface area (Å²) in [6.07, 6.45) is 14.6. The molecule has 0 unspecified atom stereocenters. The van der Waals surface area contributed by atoms with E-state index in [4.69, 9.17) is 0 Å². The second kappa shape index (κ2) is 10.1. The molecule has 2 heterocycles. The van der Waals surface area contributed by atoms with Gasteiger partial charge in [0.15, 0.2) is 0 Å². The first-order valence-corrected chi connectivity index (χ1v) is 12.0. The third-order valence-corrected chi connectivity index (χ3v) is 6.35. The van der Waals surface area contributed by atoms with E-state index < -0.39 is 0 Å². The number of nitrogens with zero attached hydrogens (tertiary/aromatic N) is 6. The van der Waals surface area contributed by atoms with Gasteiger partial charge in [-0.25, -0.2) is 9.97 Å². The van der Waals surface area contributed by atoms with E-state index in [1.54, 1.807) is 25.0 Å². The van der Waals surface area contributed by atoms with Gasteiger partial charge in [-0.3, -0.25) is 9.98 Å². The Morgan fingerprint density at radius 1 is 0.618 bits per heavy atom. The highest BCUT2D eigenvalue weighted by Crippen LogP contribution is 2.24. The van der Waals surface area contributed by atoms with Crippen molar-refractivity contribution in [2.24, 2.45) is 9.98 Å². The van der Waals surface area contributed by atoms with E-state index in [2.05, 4.69) is 51.8 Å². The lowest BCUT2D eigenvalue weighted by atomic mass is 10.2. The van der Waals surface area contributed by atoms with Gasteiger partial charge in [0.1, 0.15) is 0 Å². The number of aliphatic imine (C=N–C) groups is 2. The number of benzene rings is 3. The van der Waals surface area contributed by atoms with Crippen molar-refractivity contribution in [3.63, 3.8) is 0 Å². The number of aromatic nitrogens is 4. The summed E-state index contributed by atoms with van der Waals surface area (Å²) in [5.41, 5.74) is 5.79. The van der Waals surface area contributed by atoms with Gasteiger partial charge in [-0.2, -0.15) is 0 Å². The van der Waals surface area contributed by atoms with Gasteiger partial charge in [0.2, 0.25) is 0 Å². The molecule has 0 fully saturated rings. The first-order valence-electron chi connectivity index (χ1n) is 10.4. The largest absolute Gasteiger partial charge is 0.305 e. The molecule has 3 aromatic carbocycles. The molecule has 0 bridgehead atoms. The van der Waals surface area contributed by atoms with Crippen LogP contribution in [0.15, 0.2) is 117 Å². The molecule has 8 heteroatoms. The molecule has 0 spiro atoms. The van der Waals surface area contributed by atoms with Crippen molar-refractivity contribution in [3.8, 4) is 11.4 Å². The van der Waals surface area contributed by atoms with E-state index in [1.165, 1.54) is 0 Å². The predicted octanol–water partition coefficient (Wildman–Crippen LogP) is 7.08. The summed E-state index contributed by atoms with van der Waals surface area (Å²) >= 11 is 7.25. The average Bonchev–Trinajstić information content (AvgIpc) is 3.57. The second-order valence-electron chi connectivity index (χ2n) is 7.39. The van der Waals surface area contributed by atoms with E-state index in [0.717, 1.165) is 42.8 Å². The van der Waals surface area contributed by atoms with Gasteiger partial charge < -0.3 is 9.13 Å². The Hall–Kier alpha value is -3.62. The summed E-state index contributed by atoms with van der Waals surface area (Å²) in [7, 11) is 0. The third kappa shape index (κ3) is 5.13. The lowest BCUT2D eigenvalue weighted by Crippen LogP contribution is -1.92. The molecule has 166 valence electrons. The Balaban J connectivity index is 1.25. The Morgan fingerprint density at radius 3 is 1.41 bits per heavy atom. The van der Waals surface area contributed by atoms with Gasteiger partial charge in [0, 0.05) is 46.2 Å². The molecule has 34 heavy (non-hydrogen) atoms. The fraction of sp³-hybridized carbons (Fsp3) is 0. The Morgan fingerprint density at radius 2 is 1.06 bits per heavy atom. The molecule has 0 saturated carbocycles. The highest BCUT2D eigenvalue weighted by molar-refractivity contribution is 9.11. The van der Waals surface area contributed by atoms with E-state index >= 15 is 0 Å². The normalized spacial score (nSPS) is 11.6. The van der Waals surface area contributed by atoms with Gasteiger partial charge in [-0.15, -0.1) is 0 Å². The average molecular weight is 574 g/mol. The highest BCUT2D eigenvalue weighted by atomic mass is 79.9. The van der Waals surface area contributed by atoms with Crippen LogP contribution in [0.5, 0.6) is 0 Å². The van der Waals surface area contributed by atoms with Crippen molar-refractivity contribution in [1.29, 1.82) is 0 Å². The molecule has 0 radical (unpaired) electrons. The Labute approximate surface area is 213 Å². The van der Waals surface area contributed by atoms with E-state index in [-0.39, 0.29) is 0 Å². The smallest absolute Gasteiger partial charge is 0.0992 e. The van der Waals surface area contributed by atoms with Crippen molar-refractivity contribution < 1.29 is 0 Å². The first kappa shape index (κ1) is 22.2. The van der Waals surface area contributed by atoms with Crippen LogP contribution in [-0.2, 0) is 0 Å². The van der Waals surface area contributed by atoms with Crippen molar-refractivity contribution in [2.75, 3.05) is 0 Å². The van der Waals surface area contributed by atoms with E-state index in [1.807, 2.05) is 94.6 Å². The molecule has 2 aromatic heterocycles. The van der Waals surface area contributed by atoms with Gasteiger partial charge in [0.25, 0.3) is 0 Å². The highest BCUT2D eigenvalue weighted by Gasteiger charge is 2.04. The van der Waals surface area contributed by atoms with Crippen LogP contribution in [0.25, 0.3) is 11.4 Å². The number of halogens is 2. The summed E-state index contributed by atoms with van der Waals surface area (Å²) in [5.74, 6) is 0. The molecule has 0 aliphatic rings. The molecule has 5 aromatic rings. The molecule has 6 nitrogen and oxygen atoms in total. The Kier molecular flexibility index (Phi) is 6.60. The summed E-state index contributed by atoms with van der Waals surface area (Å²) in [4.78, 5) is 17.4. The molecular formula is C26H18Br2N6. The maximum Gasteiger partial charge on any atom is 0.0992 e. The molecule has 0 saturated heterocycles. The number of hydrogen-bond donors (Lipinski definition) is 0. The molecular weight excluding hydrogens is 556 g/mol. The number of imidazole rings is 2. The first-order chi connectivity index (χ1) is 16.7. The molecule has 0 N–H and O–H groups in total. The van der Waals surface area contributed by atoms with Crippen LogP contribution in [0.3, 0.4) is 0 Å². The maximum atomic E-state index is 4.58. The fourth-order valence-electron chi connectivity index (χ4n) is 3.35. The minimum absolute atomic E-state index is 0.862. The molecule has 0 atom stereocenters. The summed E-state index contributed by atoms with van der Waals surface area (Å²) < 4.78 is 5.86. The molecule has 0 aliphatic carbocycles. The zero-order valence-electron chi connectivity index (χ0n) is 17.8. The van der Waals surface area contributed by atoms with E-state index in [0.29, 0.717) is 0 Å². The van der Waals surface area contributed by atoms with Crippen LogP contribution in [-0.4, -0.2) is 31.5 Å². The molecule has 0 amide bonds. The van der Waals surface area contributed by atoms with Crippen molar-refractivity contribution >= 4 is 55.7 Å². The van der Waals surface area contributed by atoms with Crippen LogP contribution in [0.1, 0.15) is 11.1 Å². The SMILES string of the molecule is Brc1cc(C=Nc2ccc(N=Cc3ccc(-n4ccnc4)c(Br)c3)cc2)ccc1-n1ccnc1. The fourth-order valence-corrected chi connectivity index (χ4v) is 4.55. The van der Waals surface area contributed by atoms with Gasteiger partial charge in [0.05, 0.1) is 35.4 Å². The minimum atomic E-state index is 0.862. The quantitative estimate of drug-likeness (QED) is 0.204. The summed E-state index contributed by atoms with van der Waals surface area (Å²) in [6.45, 7) is 0. The molecule has 0 aliphatic heterocycles. The van der Waals surface area contributed by atoms with E-state index in [9.17, 15) is 0 Å². The van der Waals surface area contributed by atoms with Gasteiger partial charge in [-0.1, -0.05) is 12.1 Å². The second-order valence-corrected chi connectivity index (χ2v) is 9.10. The van der Waals surface area contributed by atoms with Crippen molar-refractivity contribution in [2.45, 2.75) is 0 Å². The maximum absolute atomic E-state index is 4.58. The number of hydrogen-bond acceptors (Lipinski definition) is 4. The van der Waals surface area contributed by atoms with Gasteiger partial charge >= 0.3 is 0 Å². The van der Waals surface area contributed by atoms with Crippen molar-refractivity contribution in [3.05, 3.63) is 118 Å². The van der Waals surface area contributed by atoms with Crippen LogP contribution in [0.2, 0.25) is 0 Å². The standard InChI is InChI=1S/C26H18Br2N6/c27-23-13-19(1-7-25(23)33-11-9-29-17-33)15-31-21-3-5-22(6-4-21)32-16-20-2-8-26(24(28)14-20)34-12-10-30-18-34/h1-18H.